The summed E-state index contributed by atoms with van der Waals surface area (Å²) < 4.78 is 0. The number of hydrogen-bond acceptors (Lipinski definition) is 2. The number of carbonyl (C=O) groups excluding carboxylic acids is 2. The molecular formula is C24H28N2O2. The second kappa shape index (κ2) is 7.63. The highest BCUT2D eigenvalue weighted by Gasteiger charge is 2.60. The zero-order valence-electron chi connectivity index (χ0n) is 17.2. The van der Waals surface area contributed by atoms with Crippen LogP contribution in [0.25, 0.3) is 0 Å². The number of anilines is 2. The van der Waals surface area contributed by atoms with Crippen molar-refractivity contribution in [1.29, 1.82) is 0 Å². The van der Waals surface area contributed by atoms with E-state index >= 15 is 0 Å². The van der Waals surface area contributed by atoms with Gasteiger partial charge in [0.2, 0.25) is 5.91 Å². The van der Waals surface area contributed by atoms with E-state index in [1.807, 2.05) is 51.1 Å². The average molecular weight is 377 g/mol. The van der Waals surface area contributed by atoms with Gasteiger partial charge in [-0.25, -0.2) is 0 Å². The summed E-state index contributed by atoms with van der Waals surface area (Å²) in [5, 5.41) is 5.89. The standard InChI is InChI=1S/C24H28N2O2/c1-15(2)13-19-21(24(19,4)5)23(28)26-20-12-7-6-11-18(20)22(27)25-17-10-8-9-16(3)14-17/h6-14,19,21H,1-5H3,(H,25,27)(H,26,28)/t19-,21+/m0/s1. The Balaban J connectivity index is 1.76. The van der Waals surface area contributed by atoms with Gasteiger partial charge in [0, 0.05) is 5.69 Å². The smallest absolute Gasteiger partial charge is 0.257 e. The van der Waals surface area contributed by atoms with E-state index in [4.69, 9.17) is 0 Å². The lowest BCUT2D eigenvalue weighted by atomic mass is 10.1. The molecule has 2 N–H and O–H groups in total. The molecule has 2 atom stereocenters. The van der Waals surface area contributed by atoms with Crippen molar-refractivity contribution in [2.75, 3.05) is 10.6 Å². The molecule has 0 bridgehead atoms. The van der Waals surface area contributed by atoms with E-state index in [1.54, 1.807) is 18.2 Å². The van der Waals surface area contributed by atoms with Crippen molar-refractivity contribution < 1.29 is 9.59 Å². The quantitative estimate of drug-likeness (QED) is 0.684. The lowest BCUT2D eigenvalue weighted by Crippen LogP contribution is -2.20. The molecule has 28 heavy (non-hydrogen) atoms. The third-order valence-electron chi connectivity index (χ3n) is 5.41. The molecule has 4 heteroatoms. The van der Waals surface area contributed by atoms with E-state index in [2.05, 4.69) is 30.6 Å². The molecule has 1 fully saturated rings. The van der Waals surface area contributed by atoms with Gasteiger partial charge in [-0.05, 0) is 61.9 Å². The summed E-state index contributed by atoms with van der Waals surface area (Å²) in [7, 11) is 0. The first-order valence-corrected chi connectivity index (χ1v) is 9.63. The van der Waals surface area contributed by atoms with Crippen LogP contribution < -0.4 is 10.6 Å². The van der Waals surface area contributed by atoms with Crippen LogP contribution in [-0.2, 0) is 4.79 Å². The molecule has 0 heterocycles. The zero-order chi connectivity index (χ0) is 20.5. The molecule has 1 aliphatic carbocycles. The highest BCUT2D eigenvalue weighted by molar-refractivity contribution is 6.10. The number of aryl methyl sites for hydroxylation is 1. The zero-order valence-corrected chi connectivity index (χ0v) is 17.2. The van der Waals surface area contributed by atoms with Gasteiger partial charge in [-0.3, -0.25) is 9.59 Å². The Hall–Kier alpha value is -2.88. The van der Waals surface area contributed by atoms with Gasteiger partial charge in [-0.2, -0.15) is 0 Å². The Bertz CT molecular complexity index is 939. The van der Waals surface area contributed by atoms with E-state index in [0.29, 0.717) is 11.3 Å². The Morgan fingerprint density at radius 1 is 1.00 bits per heavy atom. The van der Waals surface area contributed by atoms with Gasteiger partial charge in [0.15, 0.2) is 0 Å². The fraction of sp³-hybridized carbons (Fsp3) is 0.333. The maximum atomic E-state index is 12.9. The average Bonchev–Trinajstić information content (AvgIpc) is 3.14. The predicted molar refractivity (Wildman–Crippen MR) is 114 cm³/mol. The molecule has 3 rings (SSSR count). The first-order chi connectivity index (χ1) is 13.2. The van der Waals surface area contributed by atoms with Crippen LogP contribution in [0.4, 0.5) is 11.4 Å². The van der Waals surface area contributed by atoms with Gasteiger partial charge in [0.1, 0.15) is 0 Å². The Morgan fingerprint density at radius 3 is 2.39 bits per heavy atom. The van der Waals surface area contributed by atoms with Gasteiger partial charge in [-0.1, -0.05) is 49.8 Å². The van der Waals surface area contributed by atoms with E-state index in [0.717, 1.165) is 11.3 Å². The second-order valence-corrected chi connectivity index (χ2v) is 8.43. The number of rotatable bonds is 5. The fourth-order valence-electron chi connectivity index (χ4n) is 3.77. The maximum absolute atomic E-state index is 12.9. The number of benzene rings is 2. The molecule has 2 aromatic carbocycles. The van der Waals surface area contributed by atoms with E-state index in [1.165, 1.54) is 5.57 Å². The minimum Gasteiger partial charge on any atom is -0.325 e. The van der Waals surface area contributed by atoms with Crippen molar-refractivity contribution in [1.82, 2.24) is 0 Å². The summed E-state index contributed by atoms with van der Waals surface area (Å²) in [5.41, 5.74) is 3.94. The molecule has 0 unspecified atom stereocenters. The van der Waals surface area contributed by atoms with Crippen molar-refractivity contribution in [3.63, 3.8) is 0 Å². The number of nitrogens with one attached hydrogen (secondary N) is 2. The summed E-state index contributed by atoms with van der Waals surface area (Å²) in [6, 6.07) is 14.8. The number of hydrogen-bond donors (Lipinski definition) is 2. The molecule has 146 valence electrons. The van der Waals surface area contributed by atoms with E-state index in [9.17, 15) is 9.59 Å². The Kier molecular flexibility index (Phi) is 5.41. The van der Waals surface area contributed by atoms with Crippen LogP contribution in [0.15, 0.2) is 60.2 Å². The van der Waals surface area contributed by atoms with Gasteiger partial charge in [0.25, 0.3) is 5.91 Å². The first kappa shape index (κ1) is 19.9. The van der Waals surface area contributed by atoms with Gasteiger partial charge >= 0.3 is 0 Å². The summed E-state index contributed by atoms with van der Waals surface area (Å²) in [6.07, 6.45) is 2.17. The van der Waals surface area contributed by atoms with Crippen LogP contribution in [0.3, 0.4) is 0 Å². The lowest BCUT2D eigenvalue weighted by molar-refractivity contribution is -0.118. The van der Waals surface area contributed by atoms with Crippen molar-refractivity contribution >= 4 is 23.2 Å². The topological polar surface area (TPSA) is 58.2 Å². The molecule has 0 spiro atoms. The van der Waals surface area contributed by atoms with Crippen molar-refractivity contribution in [3.8, 4) is 0 Å². The van der Waals surface area contributed by atoms with Crippen LogP contribution >= 0.6 is 0 Å². The number of amides is 2. The Labute approximate surface area is 167 Å². The van der Waals surface area contributed by atoms with Gasteiger partial charge in [0.05, 0.1) is 17.2 Å². The predicted octanol–water partition coefficient (Wildman–Crippen LogP) is 5.42. The minimum atomic E-state index is -0.239. The van der Waals surface area contributed by atoms with Crippen LogP contribution in [-0.4, -0.2) is 11.8 Å². The van der Waals surface area contributed by atoms with Gasteiger partial charge < -0.3 is 10.6 Å². The highest BCUT2D eigenvalue weighted by Crippen LogP contribution is 2.59. The monoisotopic (exact) mass is 376 g/mol. The number of carbonyl (C=O) groups is 2. The van der Waals surface area contributed by atoms with Crippen LogP contribution in [0, 0.1) is 24.2 Å². The highest BCUT2D eigenvalue weighted by atomic mass is 16.2. The molecule has 1 aliphatic rings. The largest absolute Gasteiger partial charge is 0.325 e. The summed E-state index contributed by atoms with van der Waals surface area (Å²) in [5.74, 6) is -0.137. The molecule has 0 saturated heterocycles. The molecule has 4 nitrogen and oxygen atoms in total. The summed E-state index contributed by atoms with van der Waals surface area (Å²) in [4.78, 5) is 25.7. The van der Waals surface area contributed by atoms with Crippen LogP contribution in [0.2, 0.25) is 0 Å². The molecule has 1 saturated carbocycles. The summed E-state index contributed by atoms with van der Waals surface area (Å²) >= 11 is 0. The normalized spacial score (nSPS) is 19.5. The second-order valence-electron chi connectivity index (χ2n) is 8.43. The van der Waals surface area contributed by atoms with E-state index in [-0.39, 0.29) is 29.1 Å². The SMILES string of the molecule is CC(C)=C[C@H]1[C@H](C(=O)Nc2ccccc2C(=O)Nc2cccc(C)c2)C1(C)C. The lowest BCUT2D eigenvalue weighted by Gasteiger charge is -2.12. The molecular weight excluding hydrogens is 348 g/mol. The Morgan fingerprint density at radius 2 is 1.71 bits per heavy atom. The van der Waals surface area contributed by atoms with Crippen LogP contribution in [0.1, 0.15) is 43.6 Å². The van der Waals surface area contributed by atoms with Crippen molar-refractivity contribution in [2.45, 2.75) is 34.6 Å². The van der Waals surface area contributed by atoms with Crippen molar-refractivity contribution in [3.05, 3.63) is 71.3 Å². The third kappa shape index (κ3) is 4.16. The maximum Gasteiger partial charge on any atom is 0.257 e. The number of allylic oxidation sites excluding steroid dienone is 2. The molecule has 2 aromatic rings. The molecule has 0 radical (unpaired) electrons. The van der Waals surface area contributed by atoms with Crippen molar-refractivity contribution in [2.24, 2.45) is 17.3 Å². The van der Waals surface area contributed by atoms with Gasteiger partial charge in [-0.15, -0.1) is 0 Å². The van der Waals surface area contributed by atoms with Crippen LogP contribution in [0.5, 0.6) is 0 Å². The third-order valence-corrected chi connectivity index (χ3v) is 5.41. The van der Waals surface area contributed by atoms with E-state index < -0.39 is 0 Å². The molecule has 0 aliphatic heterocycles. The first-order valence-electron chi connectivity index (χ1n) is 9.63. The summed E-state index contributed by atoms with van der Waals surface area (Å²) in [6.45, 7) is 10.3. The fourth-order valence-corrected chi connectivity index (χ4v) is 3.77. The minimum absolute atomic E-state index is 0.0386. The molecule has 0 aromatic heterocycles. The molecule has 2 amide bonds. The number of para-hydroxylation sites is 1.